The van der Waals surface area contributed by atoms with Crippen LogP contribution in [0.5, 0.6) is 0 Å². The van der Waals surface area contributed by atoms with Crippen LogP contribution >= 0.6 is 15.9 Å². The topological polar surface area (TPSA) is 44.1 Å². The molecule has 0 fully saturated rings. The Morgan fingerprint density at radius 1 is 1.29 bits per heavy atom. The average molecular weight is 389 g/mol. The zero-order valence-electron chi connectivity index (χ0n) is 14.2. The number of carbonyl (C=O) groups is 1. The summed E-state index contributed by atoms with van der Waals surface area (Å²) in [6.45, 7) is 5.51. The Kier molecular flexibility index (Phi) is 6.22. The van der Waals surface area contributed by atoms with Gasteiger partial charge in [0, 0.05) is 35.3 Å². The molecule has 0 spiro atoms. The summed E-state index contributed by atoms with van der Waals surface area (Å²) < 4.78 is 6.82. The van der Waals surface area contributed by atoms with E-state index >= 15 is 0 Å². The number of benzene rings is 1. The number of aromatic nitrogens is 2. The fourth-order valence-electron chi connectivity index (χ4n) is 2.00. The summed E-state index contributed by atoms with van der Waals surface area (Å²) in [6.07, 6.45) is 4.67. The van der Waals surface area contributed by atoms with Crippen LogP contribution in [0.4, 0.5) is 4.79 Å². The van der Waals surface area contributed by atoms with Gasteiger partial charge in [0.15, 0.2) is 0 Å². The van der Waals surface area contributed by atoms with E-state index in [1.54, 1.807) is 12.4 Å². The maximum absolute atomic E-state index is 12.3. The van der Waals surface area contributed by atoms with Crippen molar-refractivity contribution in [1.82, 2.24) is 9.55 Å². The number of imidazole rings is 1. The molecule has 2 aromatic rings. The smallest absolute Gasteiger partial charge is 0.420 e. The second-order valence-electron chi connectivity index (χ2n) is 6.27. The van der Waals surface area contributed by atoms with Gasteiger partial charge in [0.2, 0.25) is 0 Å². The van der Waals surface area contributed by atoms with Crippen molar-refractivity contribution >= 4 is 22.0 Å². The van der Waals surface area contributed by atoms with E-state index in [-0.39, 0.29) is 0 Å². The molecular weight excluding hydrogens is 368 g/mol. The fourth-order valence-corrected chi connectivity index (χ4v) is 2.28. The van der Waals surface area contributed by atoms with Crippen LogP contribution in [-0.4, -0.2) is 26.6 Å². The molecule has 0 radical (unpaired) electrons. The van der Waals surface area contributed by atoms with E-state index in [1.807, 2.05) is 45.0 Å². The van der Waals surface area contributed by atoms with Gasteiger partial charge in [-0.15, -0.1) is 0 Å². The van der Waals surface area contributed by atoms with E-state index in [4.69, 9.17) is 4.74 Å². The summed E-state index contributed by atoms with van der Waals surface area (Å²) >= 11 is 3.39. The predicted octanol–water partition coefficient (Wildman–Crippen LogP) is 4.86. The molecule has 0 N–H and O–H groups in total. The van der Waals surface area contributed by atoms with Gasteiger partial charge in [-0.05, 0) is 39.3 Å². The third-order valence-corrected chi connectivity index (χ3v) is 3.60. The van der Waals surface area contributed by atoms with Crippen molar-refractivity contribution in [2.24, 2.45) is 0 Å². The molecule has 5 heteroatoms. The number of rotatable bonds is 3. The van der Waals surface area contributed by atoms with E-state index in [1.165, 1.54) is 4.57 Å². The number of nitrogens with zero attached hydrogens (tertiary/aromatic N) is 2. The first kappa shape index (κ1) is 18.3. The molecule has 0 atom stereocenters. The van der Waals surface area contributed by atoms with E-state index in [0.717, 1.165) is 29.3 Å². The Morgan fingerprint density at radius 2 is 2.00 bits per heavy atom. The number of alkyl halides is 1. The van der Waals surface area contributed by atoms with Crippen LogP contribution in [-0.2, 0) is 4.74 Å². The molecule has 1 heterocycles. The maximum Gasteiger partial charge on any atom is 0.420 e. The zero-order chi connectivity index (χ0) is 17.6. The Bertz CT molecular complexity index is 746. The van der Waals surface area contributed by atoms with Crippen LogP contribution in [0, 0.1) is 11.8 Å². The van der Waals surface area contributed by atoms with Crippen LogP contribution in [0.25, 0.3) is 11.4 Å². The van der Waals surface area contributed by atoms with E-state index in [0.29, 0.717) is 5.82 Å². The van der Waals surface area contributed by atoms with Gasteiger partial charge >= 0.3 is 6.09 Å². The SMILES string of the molecule is CC(C)(C)OC(=O)n1ccnc1-c1ccc(C#CCCCBr)cc1. The quantitative estimate of drug-likeness (QED) is 0.428. The molecule has 0 aliphatic rings. The van der Waals surface area contributed by atoms with E-state index in [9.17, 15) is 4.79 Å². The van der Waals surface area contributed by atoms with Gasteiger partial charge in [-0.1, -0.05) is 39.9 Å². The number of hydrogen-bond donors (Lipinski definition) is 0. The molecule has 0 unspecified atom stereocenters. The molecule has 1 aromatic heterocycles. The normalized spacial score (nSPS) is 10.8. The molecule has 24 heavy (non-hydrogen) atoms. The van der Waals surface area contributed by atoms with Crippen molar-refractivity contribution in [3.05, 3.63) is 42.2 Å². The minimum absolute atomic E-state index is 0.436. The number of hydrogen-bond acceptors (Lipinski definition) is 3. The van der Waals surface area contributed by atoms with Crippen LogP contribution < -0.4 is 0 Å². The summed E-state index contributed by atoms with van der Waals surface area (Å²) in [5.41, 5.74) is 1.24. The Balaban J connectivity index is 2.16. The highest BCUT2D eigenvalue weighted by Crippen LogP contribution is 2.19. The van der Waals surface area contributed by atoms with Crippen molar-refractivity contribution in [2.45, 2.75) is 39.2 Å². The molecule has 0 saturated heterocycles. The molecule has 0 bridgehead atoms. The number of unbranched alkanes of at least 4 members (excludes halogenated alkanes) is 1. The zero-order valence-corrected chi connectivity index (χ0v) is 15.8. The predicted molar refractivity (Wildman–Crippen MR) is 99.2 cm³/mol. The van der Waals surface area contributed by atoms with Gasteiger partial charge in [-0.3, -0.25) is 0 Å². The highest BCUT2D eigenvalue weighted by Gasteiger charge is 2.20. The summed E-state index contributed by atoms with van der Waals surface area (Å²) in [5.74, 6) is 6.83. The minimum Gasteiger partial charge on any atom is -0.443 e. The van der Waals surface area contributed by atoms with Crippen LogP contribution in [0.2, 0.25) is 0 Å². The molecule has 0 saturated carbocycles. The molecular formula is C19H21BrN2O2. The largest absolute Gasteiger partial charge is 0.443 e. The maximum atomic E-state index is 12.3. The van der Waals surface area contributed by atoms with Crippen molar-refractivity contribution in [3.8, 4) is 23.2 Å². The second-order valence-corrected chi connectivity index (χ2v) is 7.07. The molecule has 4 nitrogen and oxygen atoms in total. The van der Waals surface area contributed by atoms with Crippen molar-refractivity contribution < 1.29 is 9.53 Å². The van der Waals surface area contributed by atoms with Gasteiger partial charge in [0.25, 0.3) is 0 Å². The highest BCUT2D eigenvalue weighted by atomic mass is 79.9. The molecule has 126 valence electrons. The number of halogens is 1. The van der Waals surface area contributed by atoms with Crippen LogP contribution in [0.15, 0.2) is 36.7 Å². The molecule has 0 amide bonds. The van der Waals surface area contributed by atoms with Crippen molar-refractivity contribution in [2.75, 3.05) is 5.33 Å². The van der Waals surface area contributed by atoms with Crippen molar-refractivity contribution in [3.63, 3.8) is 0 Å². The lowest BCUT2D eigenvalue weighted by molar-refractivity contribution is 0.0539. The molecule has 1 aromatic carbocycles. The molecule has 0 aliphatic carbocycles. The highest BCUT2D eigenvalue weighted by molar-refractivity contribution is 9.09. The van der Waals surface area contributed by atoms with E-state index < -0.39 is 11.7 Å². The summed E-state index contributed by atoms with van der Waals surface area (Å²) in [7, 11) is 0. The van der Waals surface area contributed by atoms with Crippen molar-refractivity contribution in [1.29, 1.82) is 0 Å². The van der Waals surface area contributed by atoms with Gasteiger partial charge in [0.05, 0.1) is 0 Å². The summed E-state index contributed by atoms with van der Waals surface area (Å²) in [6, 6.07) is 7.70. The lowest BCUT2D eigenvalue weighted by atomic mass is 10.1. The van der Waals surface area contributed by atoms with Crippen LogP contribution in [0.1, 0.15) is 39.2 Å². The number of ether oxygens (including phenoxy) is 1. The standard InChI is InChI=1S/C19H21BrN2O2/c1-19(2,3)24-18(23)22-14-13-21-17(22)16-10-8-15(9-11-16)7-5-4-6-12-20/h8-11,13-14H,4,6,12H2,1-3H3. The first-order chi connectivity index (χ1) is 11.4. The number of carbonyl (C=O) groups excluding carboxylic acids is 1. The second kappa shape index (κ2) is 8.16. The Hall–Kier alpha value is -2.06. The van der Waals surface area contributed by atoms with Gasteiger partial charge in [-0.2, -0.15) is 0 Å². The van der Waals surface area contributed by atoms with Gasteiger partial charge in [-0.25, -0.2) is 14.3 Å². The minimum atomic E-state index is -0.548. The van der Waals surface area contributed by atoms with E-state index in [2.05, 4.69) is 32.8 Å². The summed E-state index contributed by atoms with van der Waals surface area (Å²) in [4.78, 5) is 16.5. The van der Waals surface area contributed by atoms with Crippen LogP contribution in [0.3, 0.4) is 0 Å². The first-order valence-electron chi connectivity index (χ1n) is 7.83. The lowest BCUT2D eigenvalue weighted by Crippen LogP contribution is -2.27. The third-order valence-electron chi connectivity index (χ3n) is 3.04. The van der Waals surface area contributed by atoms with Gasteiger partial charge < -0.3 is 4.74 Å². The average Bonchev–Trinajstić information content (AvgIpc) is 3.00. The first-order valence-corrected chi connectivity index (χ1v) is 8.95. The third kappa shape index (κ3) is 5.24. The monoisotopic (exact) mass is 388 g/mol. The lowest BCUT2D eigenvalue weighted by Gasteiger charge is -2.20. The fraction of sp³-hybridized carbons (Fsp3) is 0.368. The molecule has 2 rings (SSSR count). The Morgan fingerprint density at radius 3 is 2.62 bits per heavy atom. The summed E-state index contributed by atoms with van der Waals surface area (Å²) in [5, 5.41) is 0.966. The Labute approximate surface area is 151 Å². The van der Waals surface area contributed by atoms with Gasteiger partial charge in [0.1, 0.15) is 11.4 Å². The molecule has 0 aliphatic heterocycles.